The molecular formula is C16H33N3O. The van der Waals surface area contributed by atoms with Crippen molar-refractivity contribution in [2.75, 3.05) is 39.8 Å². The monoisotopic (exact) mass is 283 g/mol. The van der Waals surface area contributed by atoms with Gasteiger partial charge in [0, 0.05) is 50.2 Å². The number of nitrogens with zero attached hydrogens (tertiary/aromatic N) is 2. The van der Waals surface area contributed by atoms with Gasteiger partial charge in [-0.05, 0) is 19.4 Å². The number of hydrogen-bond donors (Lipinski definition) is 2. The lowest BCUT2D eigenvalue weighted by Crippen LogP contribution is -2.62. The Labute approximate surface area is 124 Å². The van der Waals surface area contributed by atoms with Crippen LogP contribution in [0.3, 0.4) is 0 Å². The second-order valence-electron chi connectivity index (χ2n) is 7.68. The first-order valence-corrected chi connectivity index (χ1v) is 8.16. The minimum Gasteiger partial charge on any atom is -0.392 e. The van der Waals surface area contributed by atoms with Gasteiger partial charge < -0.3 is 15.3 Å². The van der Waals surface area contributed by atoms with Crippen LogP contribution in [0.15, 0.2) is 0 Å². The van der Waals surface area contributed by atoms with Gasteiger partial charge in [-0.1, -0.05) is 27.7 Å². The molecule has 2 fully saturated rings. The van der Waals surface area contributed by atoms with Gasteiger partial charge in [0.15, 0.2) is 0 Å². The maximum Gasteiger partial charge on any atom is 0.0621 e. The number of hydrogen-bond acceptors (Lipinski definition) is 4. The highest BCUT2D eigenvalue weighted by Crippen LogP contribution is 2.40. The third-order valence-corrected chi connectivity index (χ3v) is 5.57. The Hall–Kier alpha value is -0.160. The minimum atomic E-state index is -0.138. The van der Waals surface area contributed by atoms with Crippen molar-refractivity contribution in [1.82, 2.24) is 15.1 Å². The minimum absolute atomic E-state index is 0.0314. The second kappa shape index (κ2) is 6.30. The van der Waals surface area contributed by atoms with Crippen molar-refractivity contribution in [2.45, 2.75) is 52.3 Å². The topological polar surface area (TPSA) is 38.7 Å². The van der Waals surface area contributed by atoms with Crippen LogP contribution in [0.1, 0.15) is 34.1 Å². The fourth-order valence-corrected chi connectivity index (χ4v) is 3.45. The van der Waals surface area contributed by atoms with E-state index in [-0.39, 0.29) is 11.5 Å². The average molecular weight is 283 g/mol. The smallest absolute Gasteiger partial charge is 0.0621 e. The van der Waals surface area contributed by atoms with Crippen molar-refractivity contribution < 1.29 is 5.11 Å². The summed E-state index contributed by atoms with van der Waals surface area (Å²) < 4.78 is 0. The Bertz CT molecular complexity index is 311. The number of aliphatic hydroxyl groups excluding tert-OH is 1. The van der Waals surface area contributed by atoms with Crippen molar-refractivity contribution in [3.8, 4) is 0 Å². The number of piperazine rings is 1. The second-order valence-corrected chi connectivity index (χ2v) is 7.68. The van der Waals surface area contributed by atoms with Gasteiger partial charge in [0.2, 0.25) is 0 Å². The third-order valence-electron chi connectivity index (χ3n) is 5.57. The Kier molecular flexibility index (Phi) is 5.11. The average Bonchev–Trinajstić information content (AvgIpc) is 2.39. The molecule has 118 valence electrons. The van der Waals surface area contributed by atoms with Crippen LogP contribution in [0, 0.1) is 11.3 Å². The van der Waals surface area contributed by atoms with Crippen LogP contribution >= 0.6 is 0 Å². The van der Waals surface area contributed by atoms with E-state index in [2.05, 4.69) is 49.9 Å². The van der Waals surface area contributed by atoms with Crippen LogP contribution in [0.2, 0.25) is 0 Å². The molecule has 0 bridgehead atoms. The Morgan fingerprint density at radius 3 is 2.25 bits per heavy atom. The van der Waals surface area contributed by atoms with Gasteiger partial charge in [0.05, 0.1) is 6.10 Å². The van der Waals surface area contributed by atoms with Crippen LogP contribution in [0.25, 0.3) is 0 Å². The molecule has 20 heavy (non-hydrogen) atoms. The van der Waals surface area contributed by atoms with E-state index in [0.717, 1.165) is 13.0 Å². The van der Waals surface area contributed by atoms with Gasteiger partial charge in [0.25, 0.3) is 0 Å². The first-order valence-electron chi connectivity index (χ1n) is 8.16. The molecule has 3 unspecified atom stereocenters. The van der Waals surface area contributed by atoms with E-state index in [9.17, 15) is 5.11 Å². The summed E-state index contributed by atoms with van der Waals surface area (Å²) >= 11 is 0. The molecule has 3 atom stereocenters. The zero-order chi connectivity index (χ0) is 14.9. The van der Waals surface area contributed by atoms with Crippen LogP contribution in [0.4, 0.5) is 0 Å². The number of rotatable bonds is 5. The summed E-state index contributed by atoms with van der Waals surface area (Å²) in [4.78, 5) is 5.05. The van der Waals surface area contributed by atoms with E-state index in [1.165, 1.54) is 26.2 Å². The molecule has 1 saturated heterocycles. The summed E-state index contributed by atoms with van der Waals surface area (Å²) in [6, 6.07) is 1.07. The molecule has 2 rings (SSSR count). The Balaban J connectivity index is 1.84. The van der Waals surface area contributed by atoms with Gasteiger partial charge in [-0.25, -0.2) is 0 Å². The summed E-state index contributed by atoms with van der Waals surface area (Å²) in [5, 5.41) is 13.6. The molecule has 0 aromatic rings. The fourth-order valence-electron chi connectivity index (χ4n) is 3.45. The predicted octanol–water partition coefficient (Wildman–Crippen LogP) is 1.01. The summed E-state index contributed by atoms with van der Waals surface area (Å²) in [5.74, 6) is 0.666. The highest BCUT2D eigenvalue weighted by molar-refractivity contribution is 5.02. The lowest BCUT2D eigenvalue weighted by atomic mass is 9.64. The lowest BCUT2D eigenvalue weighted by Gasteiger charge is -2.51. The summed E-state index contributed by atoms with van der Waals surface area (Å²) in [5.41, 5.74) is 0.0314. The van der Waals surface area contributed by atoms with Crippen molar-refractivity contribution in [1.29, 1.82) is 0 Å². The fraction of sp³-hybridized carbons (Fsp3) is 1.00. The summed E-state index contributed by atoms with van der Waals surface area (Å²) in [7, 11) is 2.21. The Morgan fingerprint density at radius 1 is 1.20 bits per heavy atom. The van der Waals surface area contributed by atoms with Gasteiger partial charge >= 0.3 is 0 Å². The molecular weight excluding hydrogens is 250 g/mol. The first kappa shape index (κ1) is 16.2. The molecule has 2 aliphatic rings. The normalized spacial score (nSPS) is 33.1. The van der Waals surface area contributed by atoms with Crippen LogP contribution in [0.5, 0.6) is 0 Å². The molecule has 1 aliphatic heterocycles. The van der Waals surface area contributed by atoms with E-state index in [4.69, 9.17) is 0 Å². The number of nitrogens with one attached hydrogen (secondary N) is 1. The first-order chi connectivity index (χ1) is 9.32. The van der Waals surface area contributed by atoms with Crippen LogP contribution < -0.4 is 5.32 Å². The maximum atomic E-state index is 9.84. The quantitative estimate of drug-likeness (QED) is 0.790. The largest absolute Gasteiger partial charge is 0.392 e. The molecule has 1 aliphatic carbocycles. The van der Waals surface area contributed by atoms with Gasteiger partial charge in [-0.2, -0.15) is 0 Å². The zero-order valence-electron chi connectivity index (χ0n) is 13.9. The molecule has 0 radical (unpaired) electrons. The van der Waals surface area contributed by atoms with E-state index in [1.807, 2.05) is 0 Å². The summed E-state index contributed by atoms with van der Waals surface area (Å²) in [6.07, 6.45) is 0.765. The Morgan fingerprint density at radius 2 is 1.80 bits per heavy atom. The maximum absolute atomic E-state index is 9.84. The summed E-state index contributed by atoms with van der Waals surface area (Å²) in [6.45, 7) is 14.7. The SMILES string of the molecule is CC(C)C(CNC1CC(O)C1(C)C)N1CCN(C)CC1. The molecule has 0 aromatic carbocycles. The van der Waals surface area contributed by atoms with Gasteiger partial charge in [-0.3, -0.25) is 4.90 Å². The predicted molar refractivity (Wildman–Crippen MR) is 83.9 cm³/mol. The molecule has 0 amide bonds. The highest BCUT2D eigenvalue weighted by atomic mass is 16.3. The standard InChI is InChI=1S/C16H33N3O/c1-12(2)13(19-8-6-18(5)7-9-19)11-17-14-10-15(20)16(14,3)4/h12-15,17,20H,6-11H2,1-5H3. The molecule has 1 saturated carbocycles. The van der Waals surface area contributed by atoms with Gasteiger partial charge in [0.1, 0.15) is 0 Å². The van der Waals surface area contributed by atoms with Gasteiger partial charge in [-0.15, -0.1) is 0 Å². The number of aliphatic hydroxyl groups is 1. The molecule has 4 heteroatoms. The van der Waals surface area contributed by atoms with Crippen molar-refractivity contribution in [2.24, 2.45) is 11.3 Å². The van der Waals surface area contributed by atoms with E-state index in [1.54, 1.807) is 0 Å². The molecule has 1 heterocycles. The molecule has 4 nitrogen and oxygen atoms in total. The van der Waals surface area contributed by atoms with E-state index in [0.29, 0.717) is 18.0 Å². The van der Waals surface area contributed by atoms with Crippen molar-refractivity contribution in [3.63, 3.8) is 0 Å². The van der Waals surface area contributed by atoms with Crippen molar-refractivity contribution in [3.05, 3.63) is 0 Å². The number of likely N-dealkylation sites (N-methyl/N-ethyl adjacent to an activating group) is 1. The molecule has 0 spiro atoms. The van der Waals surface area contributed by atoms with E-state index < -0.39 is 0 Å². The van der Waals surface area contributed by atoms with Crippen LogP contribution in [-0.4, -0.2) is 72.9 Å². The zero-order valence-corrected chi connectivity index (χ0v) is 13.9. The van der Waals surface area contributed by atoms with E-state index >= 15 is 0 Å². The highest BCUT2D eigenvalue weighted by Gasteiger charge is 2.47. The lowest BCUT2D eigenvalue weighted by molar-refractivity contribution is -0.0748. The van der Waals surface area contributed by atoms with Crippen molar-refractivity contribution >= 4 is 0 Å². The molecule has 2 N–H and O–H groups in total. The molecule has 0 aromatic heterocycles. The van der Waals surface area contributed by atoms with Crippen LogP contribution in [-0.2, 0) is 0 Å². The third kappa shape index (κ3) is 3.35.